The molecule has 0 aromatic heterocycles. The fourth-order valence-electron chi connectivity index (χ4n) is 3.79. The van der Waals surface area contributed by atoms with E-state index in [9.17, 15) is 14.4 Å². The molecule has 0 saturated carbocycles. The Kier molecular flexibility index (Phi) is 6.11. The lowest BCUT2D eigenvalue weighted by molar-refractivity contribution is -0.129. The van der Waals surface area contributed by atoms with Crippen LogP contribution in [0.5, 0.6) is 0 Å². The van der Waals surface area contributed by atoms with Crippen LogP contribution in [0.3, 0.4) is 0 Å². The summed E-state index contributed by atoms with van der Waals surface area (Å²) in [5, 5.41) is 3.09. The van der Waals surface area contributed by atoms with E-state index >= 15 is 0 Å². The number of nitrogens with zero attached hydrogens (tertiary/aromatic N) is 2. The van der Waals surface area contributed by atoms with Gasteiger partial charge in [-0.1, -0.05) is 29.8 Å². The lowest BCUT2D eigenvalue weighted by Crippen LogP contribution is -2.48. The summed E-state index contributed by atoms with van der Waals surface area (Å²) >= 11 is 0. The minimum absolute atomic E-state index is 0.0343. The van der Waals surface area contributed by atoms with Gasteiger partial charge < -0.3 is 16.0 Å². The molecule has 7 heteroatoms. The molecule has 2 saturated heterocycles. The minimum atomic E-state index is -0.323. The fourth-order valence-corrected chi connectivity index (χ4v) is 3.79. The van der Waals surface area contributed by atoms with Gasteiger partial charge in [-0.2, -0.15) is 0 Å². The topological polar surface area (TPSA) is 95.7 Å². The molecule has 2 aliphatic rings. The Morgan fingerprint density at radius 1 is 1.19 bits per heavy atom. The van der Waals surface area contributed by atoms with Crippen LogP contribution in [0.4, 0.5) is 0 Å². The number of benzene rings is 1. The molecule has 2 aliphatic heterocycles. The first-order chi connectivity index (χ1) is 12.9. The Morgan fingerprint density at radius 2 is 1.85 bits per heavy atom. The summed E-state index contributed by atoms with van der Waals surface area (Å²) in [5.74, 6) is -0.614. The molecular formula is C20H28N4O3. The molecule has 2 heterocycles. The molecule has 3 amide bonds. The molecular weight excluding hydrogens is 344 g/mol. The third-order valence-corrected chi connectivity index (χ3v) is 5.39. The van der Waals surface area contributed by atoms with Crippen LogP contribution in [0.1, 0.15) is 30.4 Å². The lowest BCUT2D eigenvalue weighted by atomic mass is 10.0. The zero-order valence-corrected chi connectivity index (χ0v) is 15.8. The van der Waals surface area contributed by atoms with Crippen LogP contribution in [0.2, 0.25) is 0 Å². The van der Waals surface area contributed by atoms with Crippen molar-refractivity contribution in [3.8, 4) is 0 Å². The van der Waals surface area contributed by atoms with Gasteiger partial charge in [-0.3, -0.25) is 19.3 Å². The van der Waals surface area contributed by atoms with Crippen LogP contribution < -0.4 is 11.1 Å². The number of hydrogen-bond acceptors (Lipinski definition) is 4. The summed E-state index contributed by atoms with van der Waals surface area (Å²) in [6.07, 6.45) is 1.87. The number of aryl methyl sites for hydroxylation is 1. The first-order valence-electron chi connectivity index (χ1n) is 9.55. The van der Waals surface area contributed by atoms with E-state index in [0.717, 1.165) is 31.5 Å². The van der Waals surface area contributed by atoms with E-state index in [0.29, 0.717) is 13.1 Å². The van der Waals surface area contributed by atoms with Gasteiger partial charge in [-0.15, -0.1) is 0 Å². The molecule has 3 rings (SSSR count). The molecule has 0 radical (unpaired) electrons. The number of hydrogen-bond donors (Lipinski definition) is 2. The molecule has 7 nitrogen and oxygen atoms in total. The van der Waals surface area contributed by atoms with Crippen LogP contribution in [0.25, 0.3) is 0 Å². The van der Waals surface area contributed by atoms with Crippen molar-refractivity contribution in [1.82, 2.24) is 15.1 Å². The number of carbonyl (C=O) groups excluding carboxylic acids is 3. The van der Waals surface area contributed by atoms with Gasteiger partial charge in [-0.05, 0) is 25.3 Å². The second-order valence-electron chi connectivity index (χ2n) is 7.69. The molecule has 1 aromatic carbocycles. The predicted molar refractivity (Wildman–Crippen MR) is 102 cm³/mol. The normalized spacial score (nSPS) is 21.4. The maximum Gasteiger partial charge on any atom is 0.231 e. The van der Waals surface area contributed by atoms with Crippen molar-refractivity contribution in [1.29, 1.82) is 0 Å². The van der Waals surface area contributed by atoms with E-state index in [1.54, 1.807) is 4.90 Å². The maximum absolute atomic E-state index is 12.6. The number of carbonyl (C=O) groups is 3. The molecule has 27 heavy (non-hydrogen) atoms. The average molecular weight is 372 g/mol. The van der Waals surface area contributed by atoms with Crippen LogP contribution in [-0.4, -0.2) is 59.7 Å². The second-order valence-corrected chi connectivity index (χ2v) is 7.69. The number of amides is 3. The molecule has 0 spiro atoms. The number of primary amides is 1. The summed E-state index contributed by atoms with van der Waals surface area (Å²) < 4.78 is 0. The monoisotopic (exact) mass is 372 g/mol. The SMILES string of the molecule is Cc1ccc(CN2CC(C(=O)NC3CCN(CC(N)=O)CC3)CC2=O)cc1. The van der Waals surface area contributed by atoms with Crippen LogP contribution >= 0.6 is 0 Å². The molecule has 1 unspecified atom stereocenters. The van der Waals surface area contributed by atoms with E-state index in [-0.39, 0.29) is 42.6 Å². The summed E-state index contributed by atoms with van der Waals surface area (Å²) in [4.78, 5) is 39.6. The van der Waals surface area contributed by atoms with Crippen molar-refractivity contribution in [2.75, 3.05) is 26.2 Å². The molecule has 146 valence electrons. The third kappa shape index (κ3) is 5.29. The van der Waals surface area contributed by atoms with Crippen LogP contribution in [0.15, 0.2) is 24.3 Å². The molecule has 1 atom stereocenters. The minimum Gasteiger partial charge on any atom is -0.369 e. The zero-order chi connectivity index (χ0) is 19.4. The van der Waals surface area contributed by atoms with Crippen molar-refractivity contribution in [3.63, 3.8) is 0 Å². The molecule has 0 bridgehead atoms. The highest BCUT2D eigenvalue weighted by atomic mass is 16.2. The van der Waals surface area contributed by atoms with Gasteiger partial charge in [0.25, 0.3) is 0 Å². The summed E-state index contributed by atoms with van der Waals surface area (Å²) in [6, 6.07) is 8.21. The van der Waals surface area contributed by atoms with Crippen molar-refractivity contribution < 1.29 is 14.4 Å². The third-order valence-electron chi connectivity index (χ3n) is 5.39. The summed E-state index contributed by atoms with van der Waals surface area (Å²) in [7, 11) is 0. The van der Waals surface area contributed by atoms with Gasteiger partial charge in [0.05, 0.1) is 12.5 Å². The number of nitrogens with two attached hydrogens (primary N) is 1. The van der Waals surface area contributed by atoms with Crippen molar-refractivity contribution in [3.05, 3.63) is 35.4 Å². The quantitative estimate of drug-likeness (QED) is 0.756. The highest BCUT2D eigenvalue weighted by Gasteiger charge is 2.35. The number of piperidine rings is 1. The first kappa shape index (κ1) is 19.4. The Morgan fingerprint density at radius 3 is 2.48 bits per heavy atom. The number of nitrogens with one attached hydrogen (secondary N) is 1. The fraction of sp³-hybridized carbons (Fsp3) is 0.550. The largest absolute Gasteiger partial charge is 0.369 e. The van der Waals surface area contributed by atoms with Gasteiger partial charge in [0.15, 0.2) is 0 Å². The van der Waals surface area contributed by atoms with E-state index in [4.69, 9.17) is 5.73 Å². The zero-order valence-electron chi connectivity index (χ0n) is 15.8. The van der Waals surface area contributed by atoms with Crippen molar-refractivity contribution in [2.24, 2.45) is 11.7 Å². The standard InChI is InChI=1S/C20H28N4O3/c1-14-2-4-15(5-3-14)11-24-12-16(10-19(24)26)20(27)22-17-6-8-23(9-7-17)13-18(21)25/h2-5,16-17H,6-13H2,1H3,(H2,21,25)(H,22,27). The van der Waals surface area contributed by atoms with E-state index < -0.39 is 0 Å². The van der Waals surface area contributed by atoms with E-state index in [2.05, 4.69) is 5.32 Å². The molecule has 1 aromatic rings. The smallest absolute Gasteiger partial charge is 0.231 e. The Hall–Kier alpha value is -2.41. The molecule has 0 aliphatic carbocycles. The van der Waals surface area contributed by atoms with Crippen LogP contribution in [-0.2, 0) is 20.9 Å². The predicted octanol–water partition coefficient (Wildman–Crippen LogP) is 0.409. The van der Waals surface area contributed by atoms with Gasteiger partial charge in [0, 0.05) is 38.6 Å². The van der Waals surface area contributed by atoms with E-state index in [1.807, 2.05) is 36.1 Å². The maximum atomic E-state index is 12.6. The van der Waals surface area contributed by atoms with Crippen molar-refractivity contribution in [2.45, 2.75) is 38.8 Å². The van der Waals surface area contributed by atoms with Gasteiger partial charge in [0.1, 0.15) is 0 Å². The van der Waals surface area contributed by atoms with Crippen molar-refractivity contribution >= 4 is 17.7 Å². The highest BCUT2D eigenvalue weighted by molar-refractivity contribution is 5.89. The lowest BCUT2D eigenvalue weighted by Gasteiger charge is -2.32. The molecule has 3 N–H and O–H groups in total. The second kappa shape index (κ2) is 8.52. The van der Waals surface area contributed by atoms with Crippen LogP contribution in [0, 0.1) is 12.8 Å². The highest BCUT2D eigenvalue weighted by Crippen LogP contribution is 2.21. The average Bonchev–Trinajstić information content (AvgIpc) is 2.99. The summed E-state index contributed by atoms with van der Waals surface area (Å²) in [5.41, 5.74) is 7.49. The van der Waals surface area contributed by atoms with Gasteiger partial charge in [-0.25, -0.2) is 0 Å². The number of rotatable bonds is 6. The van der Waals surface area contributed by atoms with E-state index in [1.165, 1.54) is 5.56 Å². The molecule has 2 fully saturated rings. The Bertz CT molecular complexity index is 696. The summed E-state index contributed by atoms with van der Waals surface area (Å²) in [6.45, 7) is 4.82. The Balaban J connectivity index is 1.46. The van der Waals surface area contributed by atoms with Gasteiger partial charge in [0.2, 0.25) is 17.7 Å². The number of likely N-dealkylation sites (tertiary alicyclic amines) is 2. The van der Waals surface area contributed by atoms with Gasteiger partial charge >= 0.3 is 0 Å². The first-order valence-corrected chi connectivity index (χ1v) is 9.55. The Labute approximate surface area is 159 Å².